The minimum absolute atomic E-state index is 0.0797. The first-order chi connectivity index (χ1) is 12.6. The Hall–Kier alpha value is -2.80. The van der Waals surface area contributed by atoms with Crippen LogP contribution in [0.25, 0.3) is 21.6 Å². The van der Waals surface area contributed by atoms with Crippen molar-refractivity contribution in [2.24, 2.45) is 0 Å². The molecule has 6 nitrogen and oxygen atoms in total. The van der Waals surface area contributed by atoms with Crippen LogP contribution < -0.4 is 5.56 Å². The largest absolute Gasteiger partial charge is 0.337 e. The van der Waals surface area contributed by atoms with E-state index in [9.17, 15) is 4.79 Å². The van der Waals surface area contributed by atoms with Crippen LogP contribution in [0.4, 0.5) is 0 Å². The number of aryl methyl sites for hydroxylation is 3. The SMILES string of the molecule is CCc1ccc(-c2noc(Cn3cnc4sc(C)c(C)c4c3=O)n2)cc1. The number of rotatable bonds is 4. The molecule has 4 rings (SSSR count). The maximum Gasteiger partial charge on any atom is 0.262 e. The molecule has 0 bridgehead atoms. The lowest BCUT2D eigenvalue weighted by atomic mass is 10.1. The zero-order valence-electron chi connectivity index (χ0n) is 14.8. The quantitative estimate of drug-likeness (QED) is 0.550. The van der Waals surface area contributed by atoms with Crippen molar-refractivity contribution in [1.29, 1.82) is 0 Å². The average molecular weight is 366 g/mol. The lowest BCUT2D eigenvalue weighted by Crippen LogP contribution is -2.21. The molecule has 3 aromatic heterocycles. The summed E-state index contributed by atoms with van der Waals surface area (Å²) in [5.74, 6) is 0.903. The van der Waals surface area contributed by atoms with Gasteiger partial charge in [-0.1, -0.05) is 36.3 Å². The molecule has 3 heterocycles. The number of fused-ring (bicyclic) bond motifs is 1. The topological polar surface area (TPSA) is 73.8 Å². The molecule has 0 fully saturated rings. The minimum Gasteiger partial charge on any atom is -0.337 e. The highest BCUT2D eigenvalue weighted by molar-refractivity contribution is 7.18. The lowest BCUT2D eigenvalue weighted by Gasteiger charge is -2.01. The number of nitrogens with zero attached hydrogens (tertiary/aromatic N) is 4. The first-order valence-corrected chi connectivity index (χ1v) is 9.25. The molecule has 0 aliphatic heterocycles. The van der Waals surface area contributed by atoms with E-state index in [0.29, 0.717) is 17.1 Å². The molecular weight excluding hydrogens is 348 g/mol. The number of benzene rings is 1. The Balaban J connectivity index is 1.65. The van der Waals surface area contributed by atoms with Gasteiger partial charge >= 0.3 is 0 Å². The smallest absolute Gasteiger partial charge is 0.262 e. The number of hydrogen-bond donors (Lipinski definition) is 0. The number of hydrogen-bond acceptors (Lipinski definition) is 6. The Morgan fingerprint density at radius 3 is 2.69 bits per heavy atom. The van der Waals surface area contributed by atoms with Crippen LogP contribution in [0.5, 0.6) is 0 Å². The average Bonchev–Trinajstić information content (AvgIpc) is 3.23. The van der Waals surface area contributed by atoms with Crippen LogP contribution in [0.1, 0.15) is 28.8 Å². The van der Waals surface area contributed by atoms with Gasteiger partial charge in [-0.25, -0.2) is 4.98 Å². The van der Waals surface area contributed by atoms with Gasteiger partial charge < -0.3 is 4.52 Å². The summed E-state index contributed by atoms with van der Waals surface area (Å²) in [6.07, 6.45) is 2.53. The molecule has 0 N–H and O–H groups in total. The lowest BCUT2D eigenvalue weighted by molar-refractivity contribution is 0.369. The van der Waals surface area contributed by atoms with E-state index in [1.54, 1.807) is 6.33 Å². The van der Waals surface area contributed by atoms with Crippen LogP contribution in [-0.2, 0) is 13.0 Å². The molecule has 0 aliphatic rings. The highest BCUT2D eigenvalue weighted by Gasteiger charge is 2.14. The van der Waals surface area contributed by atoms with Crippen molar-refractivity contribution < 1.29 is 4.52 Å². The van der Waals surface area contributed by atoms with Crippen molar-refractivity contribution in [2.45, 2.75) is 33.7 Å². The van der Waals surface area contributed by atoms with E-state index in [1.165, 1.54) is 21.5 Å². The standard InChI is InChI=1S/C19H18N4O2S/c1-4-13-5-7-14(8-6-13)17-21-15(25-22-17)9-23-10-20-18-16(19(23)24)11(2)12(3)26-18/h5-8,10H,4,9H2,1-3H3. The summed E-state index contributed by atoms with van der Waals surface area (Å²) in [6.45, 7) is 6.27. The van der Waals surface area contributed by atoms with E-state index < -0.39 is 0 Å². The summed E-state index contributed by atoms with van der Waals surface area (Å²) in [5.41, 5.74) is 3.05. The van der Waals surface area contributed by atoms with E-state index in [1.807, 2.05) is 26.0 Å². The van der Waals surface area contributed by atoms with Crippen molar-refractivity contribution in [3.8, 4) is 11.4 Å². The first kappa shape index (κ1) is 16.7. The van der Waals surface area contributed by atoms with Gasteiger partial charge in [0.15, 0.2) is 0 Å². The molecule has 1 aromatic carbocycles. The molecule has 26 heavy (non-hydrogen) atoms. The van der Waals surface area contributed by atoms with Gasteiger partial charge in [0, 0.05) is 10.4 Å². The van der Waals surface area contributed by atoms with E-state index in [4.69, 9.17) is 4.52 Å². The Bertz CT molecular complexity index is 1140. The van der Waals surface area contributed by atoms with Gasteiger partial charge in [0.1, 0.15) is 11.4 Å². The van der Waals surface area contributed by atoms with E-state index in [-0.39, 0.29) is 12.1 Å². The number of thiophene rings is 1. The second-order valence-electron chi connectivity index (χ2n) is 6.20. The highest BCUT2D eigenvalue weighted by atomic mass is 32.1. The van der Waals surface area contributed by atoms with Gasteiger partial charge in [0.05, 0.1) is 11.7 Å². The molecule has 0 spiro atoms. The van der Waals surface area contributed by atoms with Crippen molar-refractivity contribution in [1.82, 2.24) is 19.7 Å². The summed E-state index contributed by atoms with van der Waals surface area (Å²) < 4.78 is 6.85. The van der Waals surface area contributed by atoms with Crippen molar-refractivity contribution >= 4 is 21.6 Å². The second kappa shape index (κ2) is 6.49. The Morgan fingerprint density at radius 2 is 1.96 bits per heavy atom. The molecule has 0 unspecified atom stereocenters. The molecule has 0 atom stereocenters. The van der Waals surface area contributed by atoms with Gasteiger partial charge in [-0.05, 0) is 31.4 Å². The molecular formula is C19H18N4O2S. The highest BCUT2D eigenvalue weighted by Crippen LogP contribution is 2.25. The summed E-state index contributed by atoms with van der Waals surface area (Å²) in [4.78, 5) is 23.4. The van der Waals surface area contributed by atoms with E-state index in [0.717, 1.165) is 27.3 Å². The van der Waals surface area contributed by atoms with Crippen molar-refractivity contribution in [3.05, 3.63) is 62.8 Å². The van der Waals surface area contributed by atoms with Gasteiger partial charge in [-0.2, -0.15) is 4.98 Å². The van der Waals surface area contributed by atoms with Gasteiger partial charge in [-0.15, -0.1) is 11.3 Å². The predicted molar refractivity (Wildman–Crippen MR) is 102 cm³/mol. The molecule has 0 aliphatic carbocycles. The molecule has 0 saturated carbocycles. The second-order valence-corrected chi connectivity index (χ2v) is 7.41. The van der Waals surface area contributed by atoms with Crippen LogP contribution in [0, 0.1) is 13.8 Å². The van der Waals surface area contributed by atoms with E-state index in [2.05, 4.69) is 34.2 Å². The molecule has 0 saturated heterocycles. The zero-order valence-corrected chi connectivity index (χ0v) is 15.6. The summed E-state index contributed by atoms with van der Waals surface area (Å²) >= 11 is 1.54. The Morgan fingerprint density at radius 1 is 1.19 bits per heavy atom. The fraction of sp³-hybridized carbons (Fsp3) is 0.263. The van der Waals surface area contributed by atoms with Crippen molar-refractivity contribution in [2.75, 3.05) is 0 Å². The molecule has 4 aromatic rings. The van der Waals surface area contributed by atoms with Gasteiger partial charge in [0.25, 0.3) is 5.56 Å². The maximum atomic E-state index is 12.8. The van der Waals surface area contributed by atoms with Crippen LogP contribution in [-0.4, -0.2) is 19.7 Å². The fourth-order valence-electron chi connectivity index (χ4n) is 2.85. The Labute approximate surface area is 154 Å². The molecule has 7 heteroatoms. The first-order valence-electron chi connectivity index (χ1n) is 8.44. The third-order valence-corrected chi connectivity index (χ3v) is 5.67. The summed E-state index contributed by atoms with van der Waals surface area (Å²) in [5, 5.41) is 4.70. The predicted octanol–water partition coefficient (Wildman–Crippen LogP) is 3.74. The zero-order chi connectivity index (χ0) is 18.3. The van der Waals surface area contributed by atoms with Crippen LogP contribution >= 0.6 is 11.3 Å². The number of aromatic nitrogens is 4. The monoisotopic (exact) mass is 366 g/mol. The van der Waals surface area contributed by atoms with Crippen LogP contribution in [0.15, 0.2) is 39.9 Å². The van der Waals surface area contributed by atoms with E-state index >= 15 is 0 Å². The third kappa shape index (κ3) is 2.84. The van der Waals surface area contributed by atoms with Crippen molar-refractivity contribution in [3.63, 3.8) is 0 Å². The van der Waals surface area contributed by atoms with Crippen LogP contribution in [0.3, 0.4) is 0 Å². The molecule has 0 radical (unpaired) electrons. The Kier molecular flexibility index (Phi) is 4.16. The van der Waals surface area contributed by atoms with Gasteiger partial charge in [0.2, 0.25) is 11.7 Å². The normalized spacial score (nSPS) is 11.3. The minimum atomic E-state index is -0.0797. The van der Waals surface area contributed by atoms with Gasteiger partial charge in [-0.3, -0.25) is 9.36 Å². The molecule has 0 amide bonds. The third-order valence-electron chi connectivity index (χ3n) is 4.55. The summed E-state index contributed by atoms with van der Waals surface area (Å²) in [7, 11) is 0. The maximum absolute atomic E-state index is 12.8. The summed E-state index contributed by atoms with van der Waals surface area (Å²) in [6, 6.07) is 8.06. The van der Waals surface area contributed by atoms with Crippen LogP contribution in [0.2, 0.25) is 0 Å². The molecule has 132 valence electrons. The fourth-order valence-corrected chi connectivity index (χ4v) is 3.84.